The average molecular weight is 310 g/mol. The zero-order valence-corrected chi connectivity index (χ0v) is 13.0. The van der Waals surface area contributed by atoms with Crippen LogP contribution in [-0.4, -0.2) is 29.1 Å². The van der Waals surface area contributed by atoms with Gasteiger partial charge in [-0.2, -0.15) is 5.26 Å². The molecule has 6 nitrogen and oxygen atoms in total. The van der Waals surface area contributed by atoms with Gasteiger partial charge in [0.15, 0.2) is 0 Å². The van der Waals surface area contributed by atoms with Gasteiger partial charge in [-0.3, -0.25) is 9.69 Å². The Morgan fingerprint density at radius 3 is 3.13 bits per heavy atom. The summed E-state index contributed by atoms with van der Waals surface area (Å²) in [5, 5.41) is 15.8. The summed E-state index contributed by atoms with van der Waals surface area (Å²) < 4.78 is 5.14. The van der Waals surface area contributed by atoms with E-state index in [4.69, 9.17) is 9.78 Å². The fourth-order valence-electron chi connectivity index (χ4n) is 2.94. The minimum absolute atomic E-state index is 0.0905. The van der Waals surface area contributed by atoms with Crippen LogP contribution in [-0.2, 0) is 4.79 Å². The second-order valence-corrected chi connectivity index (χ2v) is 5.73. The molecule has 2 aromatic rings. The Labute approximate surface area is 134 Å². The summed E-state index contributed by atoms with van der Waals surface area (Å²) >= 11 is 0. The lowest BCUT2D eigenvalue weighted by atomic mass is 10.1. The van der Waals surface area contributed by atoms with E-state index in [1.807, 2.05) is 13.0 Å². The predicted octanol–water partition coefficient (Wildman–Crippen LogP) is 2.63. The summed E-state index contributed by atoms with van der Waals surface area (Å²) in [6, 6.07) is 11.0. The van der Waals surface area contributed by atoms with Gasteiger partial charge in [0, 0.05) is 11.8 Å². The van der Waals surface area contributed by atoms with Crippen LogP contribution in [0.25, 0.3) is 0 Å². The lowest BCUT2D eigenvalue weighted by Crippen LogP contribution is -2.33. The first-order valence-corrected chi connectivity index (χ1v) is 7.63. The summed E-state index contributed by atoms with van der Waals surface area (Å²) in [4.78, 5) is 14.4. The minimum Gasteiger partial charge on any atom is -0.361 e. The van der Waals surface area contributed by atoms with Crippen LogP contribution in [0, 0.1) is 18.3 Å². The van der Waals surface area contributed by atoms with Crippen LogP contribution in [0.15, 0.2) is 34.9 Å². The summed E-state index contributed by atoms with van der Waals surface area (Å²) in [7, 11) is 0. The van der Waals surface area contributed by atoms with Gasteiger partial charge in [0.2, 0.25) is 5.91 Å². The van der Waals surface area contributed by atoms with Crippen molar-refractivity contribution >= 4 is 11.6 Å². The third-order valence-corrected chi connectivity index (χ3v) is 3.97. The van der Waals surface area contributed by atoms with Crippen molar-refractivity contribution in [1.82, 2.24) is 10.1 Å². The van der Waals surface area contributed by atoms with E-state index in [2.05, 4.69) is 21.4 Å². The SMILES string of the molecule is Cc1cc([C@@H]2CCCN2CC(=O)Nc2cccc(C#N)c2)no1. The van der Waals surface area contributed by atoms with Gasteiger partial charge in [0.1, 0.15) is 11.5 Å². The molecule has 118 valence electrons. The van der Waals surface area contributed by atoms with Gasteiger partial charge in [0.25, 0.3) is 0 Å². The molecule has 23 heavy (non-hydrogen) atoms. The summed E-state index contributed by atoms with van der Waals surface area (Å²) in [5.41, 5.74) is 2.06. The highest BCUT2D eigenvalue weighted by Crippen LogP contribution is 2.31. The summed E-state index contributed by atoms with van der Waals surface area (Å²) in [6.07, 6.45) is 2.01. The molecule has 3 rings (SSSR count). The zero-order chi connectivity index (χ0) is 16.2. The number of aryl methyl sites for hydroxylation is 1. The van der Waals surface area contributed by atoms with Gasteiger partial charge >= 0.3 is 0 Å². The van der Waals surface area contributed by atoms with Gasteiger partial charge in [-0.05, 0) is 44.5 Å². The van der Waals surface area contributed by atoms with Crippen LogP contribution >= 0.6 is 0 Å². The molecule has 0 aliphatic carbocycles. The van der Waals surface area contributed by atoms with Crippen LogP contribution in [0.3, 0.4) is 0 Å². The molecule has 1 aromatic carbocycles. The predicted molar refractivity (Wildman–Crippen MR) is 84.6 cm³/mol. The Balaban J connectivity index is 1.64. The molecule has 1 aromatic heterocycles. The number of hydrogen-bond acceptors (Lipinski definition) is 5. The normalized spacial score (nSPS) is 17.8. The number of nitrogens with zero attached hydrogens (tertiary/aromatic N) is 3. The molecule has 1 aliphatic rings. The number of aromatic nitrogens is 1. The van der Waals surface area contributed by atoms with E-state index in [1.54, 1.807) is 24.3 Å². The fourth-order valence-corrected chi connectivity index (χ4v) is 2.94. The monoisotopic (exact) mass is 310 g/mol. The first kappa shape index (κ1) is 15.3. The molecule has 0 unspecified atom stereocenters. The van der Waals surface area contributed by atoms with Crippen molar-refractivity contribution in [3.05, 3.63) is 47.3 Å². The quantitative estimate of drug-likeness (QED) is 0.938. The van der Waals surface area contributed by atoms with Gasteiger partial charge in [-0.15, -0.1) is 0 Å². The molecule has 0 saturated carbocycles. The van der Waals surface area contributed by atoms with Crippen LogP contribution in [0.2, 0.25) is 0 Å². The maximum atomic E-state index is 12.3. The highest BCUT2D eigenvalue weighted by atomic mass is 16.5. The lowest BCUT2D eigenvalue weighted by molar-refractivity contribution is -0.117. The standard InChI is InChI=1S/C17H18N4O2/c1-12-8-15(20-23-12)16-6-3-7-21(16)11-17(22)19-14-5-2-4-13(9-14)10-18/h2,4-5,8-9,16H,3,6-7,11H2,1H3,(H,19,22)/t16-/m0/s1. The van der Waals surface area contributed by atoms with E-state index in [0.717, 1.165) is 30.8 Å². The topological polar surface area (TPSA) is 82.2 Å². The molecule has 0 bridgehead atoms. The Hall–Kier alpha value is -2.65. The van der Waals surface area contributed by atoms with Gasteiger partial charge in [-0.1, -0.05) is 11.2 Å². The minimum atomic E-state index is -0.0905. The molecule has 0 spiro atoms. The summed E-state index contributed by atoms with van der Waals surface area (Å²) in [5.74, 6) is 0.692. The van der Waals surface area contributed by atoms with E-state index in [0.29, 0.717) is 17.8 Å². The molecular weight excluding hydrogens is 292 g/mol. The maximum absolute atomic E-state index is 12.3. The number of nitriles is 1. The van der Waals surface area contributed by atoms with Crippen LogP contribution in [0.1, 0.15) is 35.9 Å². The number of nitrogens with one attached hydrogen (secondary N) is 1. The van der Waals surface area contributed by atoms with Crippen molar-refractivity contribution in [2.75, 3.05) is 18.4 Å². The van der Waals surface area contributed by atoms with Crippen molar-refractivity contribution in [2.45, 2.75) is 25.8 Å². The first-order chi connectivity index (χ1) is 11.2. The number of rotatable bonds is 4. The number of likely N-dealkylation sites (tertiary alicyclic amines) is 1. The van der Waals surface area contributed by atoms with Crippen molar-refractivity contribution < 1.29 is 9.32 Å². The Kier molecular flexibility index (Phi) is 4.40. The van der Waals surface area contributed by atoms with E-state index in [9.17, 15) is 4.79 Å². The van der Waals surface area contributed by atoms with Gasteiger partial charge < -0.3 is 9.84 Å². The number of carbonyl (C=O) groups is 1. The molecule has 1 saturated heterocycles. The molecule has 1 fully saturated rings. The highest BCUT2D eigenvalue weighted by molar-refractivity contribution is 5.92. The van der Waals surface area contributed by atoms with E-state index in [-0.39, 0.29) is 11.9 Å². The molecule has 0 radical (unpaired) electrons. The molecular formula is C17H18N4O2. The number of anilines is 1. The molecule has 1 amide bonds. The molecule has 1 aliphatic heterocycles. The van der Waals surface area contributed by atoms with E-state index >= 15 is 0 Å². The van der Waals surface area contributed by atoms with Crippen LogP contribution < -0.4 is 5.32 Å². The van der Waals surface area contributed by atoms with Gasteiger partial charge in [0.05, 0.1) is 24.2 Å². The molecule has 1 atom stereocenters. The van der Waals surface area contributed by atoms with Crippen LogP contribution in [0.4, 0.5) is 5.69 Å². The second-order valence-electron chi connectivity index (χ2n) is 5.73. The lowest BCUT2D eigenvalue weighted by Gasteiger charge is -2.21. The molecule has 1 N–H and O–H groups in total. The van der Waals surface area contributed by atoms with Crippen molar-refractivity contribution in [2.24, 2.45) is 0 Å². The smallest absolute Gasteiger partial charge is 0.238 e. The zero-order valence-electron chi connectivity index (χ0n) is 13.0. The van der Waals surface area contributed by atoms with Crippen molar-refractivity contribution in [3.63, 3.8) is 0 Å². The third-order valence-electron chi connectivity index (χ3n) is 3.97. The Morgan fingerprint density at radius 2 is 2.39 bits per heavy atom. The number of benzene rings is 1. The largest absolute Gasteiger partial charge is 0.361 e. The van der Waals surface area contributed by atoms with Crippen LogP contribution in [0.5, 0.6) is 0 Å². The number of amides is 1. The maximum Gasteiger partial charge on any atom is 0.238 e. The molecule has 2 heterocycles. The van der Waals surface area contributed by atoms with Crippen molar-refractivity contribution in [1.29, 1.82) is 5.26 Å². The fraction of sp³-hybridized carbons (Fsp3) is 0.353. The Bertz CT molecular complexity index is 747. The first-order valence-electron chi connectivity index (χ1n) is 7.63. The second kappa shape index (κ2) is 6.63. The number of carbonyl (C=O) groups excluding carboxylic acids is 1. The number of hydrogen-bond donors (Lipinski definition) is 1. The Morgan fingerprint density at radius 1 is 1.52 bits per heavy atom. The average Bonchev–Trinajstić information content (AvgIpc) is 3.16. The van der Waals surface area contributed by atoms with Crippen molar-refractivity contribution in [3.8, 4) is 6.07 Å². The van der Waals surface area contributed by atoms with E-state index in [1.165, 1.54) is 0 Å². The summed E-state index contributed by atoms with van der Waals surface area (Å²) in [6.45, 7) is 3.03. The van der Waals surface area contributed by atoms with Gasteiger partial charge in [-0.25, -0.2) is 0 Å². The van der Waals surface area contributed by atoms with E-state index < -0.39 is 0 Å². The highest BCUT2D eigenvalue weighted by Gasteiger charge is 2.29. The molecule has 6 heteroatoms. The third kappa shape index (κ3) is 3.58.